The summed E-state index contributed by atoms with van der Waals surface area (Å²) in [6.07, 6.45) is 1.95. The van der Waals surface area contributed by atoms with Gasteiger partial charge in [0.1, 0.15) is 5.69 Å². The van der Waals surface area contributed by atoms with Crippen molar-refractivity contribution in [1.29, 1.82) is 0 Å². The monoisotopic (exact) mass is 582 g/mol. The fraction of sp³-hybridized carbons (Fsp3) is 0.325. The van der Waals surface area contributed by atoms with Gasteiger partial charge in [-0.15, -0.1) is 0 Å². The fourth-order valence-corrected chi connectivity index (χ4v) is 5.89. The molecule has 0 spiro atoms. The highest BCUT2D eigenvalue weighted by molar-refractivity contribution is 6.04. The molecule has 0 aliphatic heterocycles. The smallest absolute Gasteiger partial charge is 0.111 e. The van der Waals surface area contributed by atoms with Crippen LogP contribution in [0, 0.1) is 0 Å². The van der Waals surface area contributed by atoms with Crippen LogP contribution < -0.4 is 0 Å². The zero-order chi connectivity index (χ0) is 31.4. The molecule has 226 valence electrons. The topological polar surface area (TPSA) is 42.5 Å². The van der Waals surface area contributed by atoms with Crippen LogP contribution in [0.2, 0.25) is 0 Å². The molecule has 0 atom stereocenters. The largest absolute Gasteiger partial charge is 0.258 e. The van der Waals surface area contributed by atoms with Gasteiger partial charge in [-0.2, -0.15) is 5.10 Å². The van der Waals surface area contributed by atoms with Crippen LogP contribution in [-0.4, -0.2) is 21.7 Å². The zero-order valence-corrected chi connectivity index (χ0v) is 27.5. The van der Waals surface area contributed by atoms with E-state index < -0.39 is 0 Å². The molecule has 0 aliphatic carbocycles. The number of para-hydroxylation sites is 3. The van der Waals surface area contributed by atoms with E-state index in [4.69, 9.17) is 15.1 Å². The third kappa shape index (κ3) is 6.60. The molecule has 0 saturated heterocycles. The van der Waals surface area contributed by atoms with Crippen molar-refractivity contribution < 1.29 is 0 Å². The second-order valence-electron chi connectivity index (χ2n) is 12.9. The maximum Gasteiger partial charge on any atom is 0.111 e. The van der Waals surface area contributed by atoms with Gasteiger partial charge in [-0.1, -0.05) is 140 Å². The first-order valence-corrected chi connectivity index (χ1v) is 16.0. The average Bonchev–Trinajstić information content (AvgIpc) is 3.36. The quantitative estimate of drug-likeness (QED) is 0.151. The van der Waals surface area contributed by atoms with Crippen molar-refractivity contribution in [3.63, 3.8) is 0 Å². The van der Waals surface area contributed by atoms with Gasteiger partial charge in [0.2, 0.25) is 0 Å². The fourth-order valence-electron chi connectivity index (χ4n) is 5.89. The first kappa shape index (κ1) is 31.1. The second-order valence-corrected chi connectivity index (χ2v) is 12.9. The van der Waals surface area contributed by atoms with Gasteiger partial charge in [0.15, 0.2) is 0 Å². The summed E-state index contributed by atoms with van der Waals surface area (Å²) in [5.41, 5.74) is 11.2. The Kier molecular flexibility index (Phi) is 9.58. The van der Waals surface area contributed by atoms with Crippen molar-refractivity contribution in [1.82, 2.24) is 9.78 Å². The highest BCUT2D eigenvalue weighted by atomic mass is 15.3. The number of fused-ring (bicyclic) bond motifs is 1. The lowest BCUT2D eigenvalue weighted by molar-refractivity contribution is 0.748. The van der Waals surface area contributed by atoms with Gasteiger partial charge < -0.3 is 0 Å². The van der Waals surface area contributed by atoms with E-state index in [2.05, 4.69) is 151 Å². The number of aromatic nitrogens is 2. The van der Waals surface area contributed by atoms with Crippen LogP contribution in [-0.2, 0) is 6.54 Å². The van der Waals surface area contributed by atoms with E-state index in [1.807, 2.05) is 6.21 Å². The molecular weight excluding hydrogens is 536 g/mol. The number of hydrogen-bond acceptors (Lipinski definition) is 3. The molecule has 0 bridgehead atoms. The molecule has 4 aromatic carbocycles. The number of benzene rings is 4. The van der Waals surface area contributed by atoms with Gasteiger partial charge in [0, 0.05) is 5.39 Å². The molecule has 0 unspecified atom stereocenters. The van der Waals surface area contributed by atoms with Gasteiger partial charge in [0.25, 0.3) is 0 Å². The lowest BCUT2D eigenvalue weighted by Gasteiger charge is -2.18. The molecule has 0 saturated carbocycles. The first-order chi connectivity index (χ1) is 21.2. The second kappa shape index (κ2) is 13.5. The van der Waals surface area contributed by atoms with Gasteiger partial charge in [-0.3, -0.25) is 14.7 Å². The minimum atomic E-state index is 0.363. The van der Waals surface area contributed by atoms with Crippen molar-refractivity contribution in [2.45, 2.75) is 85.6 Å². The van der Waals surface area contributed by atoms with E-state index in [1.54, 1.807) is 0 Å². The molecule has 0 amide bonds. The van der Waals surface area contributed by atoms with Gasteiger partial charge in [-0.05, 0) is 57.6 Å². The molecule has 0 aliphatic rings. The Bertz CT molecular complexity index is 1730. The molecular formula is C40H46N4. The maximum atomic E-state index is 5.46. The zero-order valence-electron chi connectivity index (χ0n) is 27.5. The minimum absolute atomic E-state index is 0.363. The lowest BCUT2D eigenvalue weighted by atomic mass is 9.92. The number of aliphatic imine (C=N–C) groups is 2. The van der Waals surface area contributed by atoms with Crippen LogP contribution >= 0.6 is 0 Å². The summed E-state index contributed by atoms with van der Waals surface area (Å²) in [5, 5.41) is 6.25. The van der Waals surface area contributed by atoms with Crippen molar-refractivity contribution >= 4 is 34.2 Å². The Labute approximate surface area is 263 Å². The van der Waals surface area contributed by atoms with Gasteiger partial charge in [0.05, 0.1) is 35.4 Å². The standard InChI is InChI=1S/C40H46N4/c1-26(2)31-19-14-20-32(27(3)4)39(31)41-24-36-35-18-12-13-23-38(35)44(43-36)25-37(30-16-10-9-11-17-30)42-40-33(28(5)6)21-15-22-34(40)29(7)8/h9-24,26-29H,25H2,1-8H3. The van der Waals surface area contributed by atoms with Crippen LogP contribution in [0.5, 0.6) is 0 Å². The minimum Gasteiger partial charge on any atom is -0.258 e. The van der Waals surface area contributed by atoms with Crippen LogP contribution in [0.25, 0.3) is 10.9 Å². The Morgan fingerprint density at radius 1 is 0.614 bits per heavy atom. The summed E-state index contributed by atoms with van der Waals surface area (Å²) in [7, 11) is 0. The van der Waals surface area contributed by atoms with E-state index >= 15 is 0 Å². The molecule has 5 rings (SSSR count). The molecule has 5 aromatic rings. The van der Waals surface area contributed by atoms with Crippen molar-refractivity contribution in [3.05, 3.63) is 125 Å². The summed E-state index contributed by atoms with van der Waals surface area (Å²) >= 11 is 0. The molecule has 4 heteroatoms. The highest BCUT2D eigenvalue weighted by Gasteiger charge is 2.18. The van der Waals surface area contributed by atoms with Crippen LogP contribution in [0.1, 0.15) is 113 Å². The summed E-state index contributed by atoms with van der Waals surface area (Å²) in [5.74, 6) is 1.48. The SMILES string of the molecule is CC(C)c1cccc(C(C)C)c1N=Cc1nn(CC(=Nc2c(C(C)C)cccc2C(C)C)c2ccccc2)c2ccccc12. The third-order valence-electron chi connectivity index (χ3n) is 8.34. The van der Waals surface area contributed by atoms with Gasteiger partial charge in [-0.25, -0.2) is 0 Å². The lowest BCUT2D eigenvalue weighted by Crippen LogP contribution is -2.13. The van der Waals surface area contributed by atoms with E-state index in [1.165, 1.54) is 22.3 Å². The van der Waals surface area contributed by atoms with Gasteiger partial charge >= 0.3 is 0 Å². The van der Waals surface area contributed by atoms with E-state index in [-0.39, 0.29) is 0 Å². The first-order valence-electron chi connectivity index (χ1n) is 16.0. The van der Waals surface area contributed by atoms with Crippen LogP contribution in [0.3, 0.4) is 0 Å². The predicted octanol–water partition coefficient (Wildman–Crippen LogP) is 11.1. The van der Waals surface area contributed by atoms with E-state index in [0.29, 0.717) is 30.2 Å². The normalized spacial score (nSPS) is 12.6. The number of rotatable bonds is 10. The molecule has 0 N–H and O–H groups in total. The van der Waals surface area contributed by atoms with E-state index in [9.17, 15) is 0 Å². The Balaban J connectivity index is 1.65. The number of nitrogens with zero attached hydrogens (tertiary/aromatic N) is 4. The number of hydrogen-bond donors (Lipinski definition) is 0. The van der Waals surface area contributed by atoms with Crippen LogP contribution in [0.15, 0.2) is 101 Å². The molecule has 4 nitrogen and oxygen atoms in total. The molecule has 1 aromatic heterocycles. The molecule has 0 fully saturated rings. The van der Waals surface area contributed by atoms with Crippen molar-refractivity contribution in [2.75, 3.05) is 0 Å². The molecule has 0 radical (unpaired) electrons. The average molecular weight is 583 g/mol. The Morgan fingerprint density at radius 3 is 1.66 bits per heavy atom. The highest BCUT2D eigenvalue weighted by Crippen LogP contribution is 2.36. The summed E-state index contributed by atoms with van der Waals surface area (Å²) in [4.78, 5) is 10.6. The van der Waals surface area contributed by atoms with Crippen molar-refractivity contribution in [2.24, 2.45) is 9.98 Å². The maximum absolute atomic E-state index is 5.46. The third-order valence-corrected chi connectivity index (χ3v) is 8.34. The van der Waals surface area contributed by atoms with E-state index in [0.717, 1.165) is 39.2 Å². The summed E-state index contributed by atoms with van der Waals surface area (Å²) in [6.45, 7) is 18.5. The van der Waals surface area contributed by atoms with Crippen molar-refractivity contribution in [3.8, 4) is 0 Å². The predicted molar refractivity (Wildman–Crippen MR) is 189 cm³/mol. The Hall–Kier alpha value is -4.31. The molecule has 1 heterocycles. The summed E-state index contributed by atoms with van der Waals surface area (Å²) in [6, 6.07) is 32.1. The summed E-state index contributed by atoms with van der Waals surface area (Å²) < 4.78 is 2.09. The molecule has 44 heavy (non-hydrogen) atoms. The van der Waals surface area contributed by atoms with Crippen LogP contribution in [0.4, 0.5) is 11.4 Å². The Morgan fingerprint density at radius 2 is 1.11 bits per heavy atom.